The van der Waals surface area contributed by atoms with Crippen molar-refractivity contribution in [3.8, 4) is 0 Å². The second-order valence-electron chi connectivity index (χ2n) is 7.28. The van der Waals surface area contributed by atoms with Crippen molar-refractivity contribution in [1.82, 2.24) is 0 Å². The van der Waals surface area contributed by atoms with Crippen molar-refractivity contribution < 1.29 is 9.31 Å². The molecule has 126 valence electrons. The zero-order valence-corrected chi connectivity index (χ0v) is 15.2. The average Bonchev–Trinajstić information content (AvgIpc) is 2.84. The van der Waals surface area contributed by atoms with Crippen LogP contribution in [-0.2, 0) is 27.8 Å². The maximum atomic E-state index is 6.42. The molecule has 3 rings (SSSR count). The maximum Gasteiger partial charge on any atom is 0.458 e. The van der Waals surface area contributed by atoms with Gasteiger partial charge in [0.1, 0.15) is 5.60 Å². The molecule has 0 saturated carbocycles. The van der Waals surface area contributed by atoms with Crippen LogP contribution in [-0.4, -0.2) is 12.7 Å². The van der Waals surface area contributed by atoms with Crippen LogP contribution in [0.4, 0.5) is 0 Å². The maximum absolute atomic E-state index is 6.42. The fraction of sp³-hybridized carbons (Fsp3) is 0.429. The van der Waals surface area contributed by atoms with E-state index in [0.717, 1.165) is 19.2 Å². The Labute approximate surface area is 146 Å². The van der Waals surface area contributed by atoms with Crippen molar-refractivity contribution in [1.29, 1.82) is 0 Å². The Balaban J connectivity index is 1.73. The molecule has 0 aromatic heterocycles. The third-order valence-electron chi connectivity index (χ3n) is 5.37. The van der Waals surface area contributed by atoms with Gasteiger partial charge in [-0.1, -0.05) is 61.5 Å². The van der Waals surface area contributed by atoms with Gasteiger partial charge in [-0.05, 0) is 56.6 Å². The summed E-state index contributed by atoms with van der Waals surface area (Å²) in [5.41, 5.74) is 3.07. The van der Waals surface area contributed by atoms with Crippen molar-refractivity contribution in [2.24, 2.45) is 0 Å². The minimum absolute atomic E-state index is 0.170. The van der Waals surface area contributed by atoms with E-state index in [9.17, 15) is 0 Å². The molecule has 1 heterocycles. The first-order valence-electron chi connectivity index (χ1n) is 8.93. The monoisotopic (exact) mass is 322 g/mol. The Kier molecular flexibility index (Phi) is 4.84. The molecule has 24 heavy (non-hydrogen) atoms. The first kappa shape index (κ1) is 17.3. The predicted octanol–water partition coefficient (Wildman–Crippen LogP) is 5.02. The molecule has 1 atom stereocenters. The van der Waals surface area contributed by atoms with Gasteiger partial charge >= 0.3 is 7.12 Å². The van der Waals surface area contributed by atoms with Crippen molar-refractivity contribution in [3.05, 3.63) is 71.3 Å². The second kappa shape index (κ2) is 6.74. The van der Waals surface area contributed by atoms with Crippen LogP contribution in [0.2, 0.25) is 6.32 Å². The van der Waals surface area contributed by atoms with Gasteiger partial charge in [-0.25, -0.2) is 0 Å². The van der Waals surface area contributed by atoms with Gasteiger partial charge in [-0.2, -0.15) is 0 Å². The van der Waals surface area contributed by atoms with Gasteiger partial charge < -0.3 is 9.31 Å². The number of hydrogen-bond donors (Lipinski definition) is 0. The number of aryl methyl sites for hydroxylation is 2. The summed E-state index contributed by atoms with van der Waals surface area (Å²) in [6.07, 6.45) is 2.89. The summed E-state index contributed by atoms with van der Waals surface area (Å²) in [5, 5.41) is 0. The first-order valence-corrected chi connectivity index (χ1v) is 8.93. The van der Waals surface area contributed by atoms with E-state index < -0.39 is 5.60 Å². The molecule has 2 aromatic rings. The lowest BCUT2D eigenvalue weighted by Crippen LogP contribution is -2.42. The van der Waals surface area contributed by atoms with E-state index in [0.29, 0.717) is 0 Å². The summed E-state index contributed by atoms with van der Waals surface area (Å²) in [5.74, 6) is 0. The molecule has 0 aliphatic carbocycles. The molecular formula is C21H27BO2. The highest BCUT2D eigenvalue weighted by atomic mass is 16.7. The van der Waals surface area contributed by atoms with Crippen LogP contribution in [0, 0.1) is 0 Å². The lowest BCUT2D eigenvalue weighted by molar-refractivity contribution is -0.0133. The van der Waals surface area contributed by atoms with E-state index in [4.69, 9.17) is 9.31 Å². The Morgan fingerprint density at radius 1 is 0.833 bits per heavy atom. The Morgan fingerprint density at radius 3 is 2.12 bits per heavy atom. The van der Waals surface area contributed by atoms with E-state index in [1.165, 1.54) is 16.7 Å². The fourth-order valence-electron chi connectivity index (χ4n) is 3.39. The highest BCUT2D eigenvalue weighted by Crippen LogP contribution is 2.45. The van der Waals surface area contributed by atoms with Crippen LogP contribution in [0.15, 0.2) is 54.6 Å². The van der Waals surface area contributed by atoms with Gasteiger partial charge in [-0.15, -0.1) is 0 Å². The number of benzene rings is 2. The SMILES string of the molecule is CCc1ccc(C2(C)OB(CCc3ccccc3)OC2(C)C)cc1. The minimum atomic E-state index is -0.430. The average molecular weight is 322 g/mol. The van der Waals surface area contributed by atoms with Gasteiger partial charge in [0.25, 0.3) is 0 Å². The second-order valence-corrected chi connectivity index (χ2v) is 7.28. The van der Waals surface area contributed by atoms with Crippen molar-refractivity contribution in [2.75, 3.05) is 0 Å². The fourth-order valence-corrected chi connectivity index (χ4v) is 3.39. The zero-order chi connectivity index (χ0) is 17.2. The van der Waals surface area contributed by atoms with E-state index in [-0.39, 0.29) is 12.7 Å². The Bertz CT molecular complexity index is 666. The highest BCUT2D eigenvalue weighted by molar-refractivity contribution is 6.45. The van der Waals surface area contributed by atoms with Crippen molar-refractivity contribution in [2.45, 2.75) is 58.1 Å². The topological polar surface area (TPSA) is 18.5 Å². The summed E-state index contributed by atoms with van der Waals surface area (Å²) in [6.45, 7) is 8.58. The van der Waals surface area contributed by atoms with Crippen molar-refractivity contribution >= 4 is 7.12 Å². The molecule has 0 bridgehead atoms. The Morgan fingerprint density at radius 2 is 1.50 bits per heavy atom. The number of rotatable bonds is 5. The minimum Gasteiger partial charge on any atom is -0.403 e. The normalized spacial score (nSPS) is 22.8. The molecule has 0 amide bonds. The summed E-state index contributed by atoms with van der Waals surface area (Å²) < 4.78 is 12.7. The van der Waals surface area contributed by atoms with Gasteiger partial charge in [0.15, 0.2) is 0 Å². The molecule has 1 fully saturated rings. The summed E-state index contributed by atoms with van der Waals surface area (Å²) in [6, 6.07) is 19.3. The molecule has 1 saturated heterocycles. The van der Waals surface area contributed by atoms with Gasteiger partial charge in [0.05, 0.1) is 5.60 Å². The van der Waals surface area contributed by atoms with Crippen LogP contribution in [0.3, 0.4) is 0 Å². The van der Waals surface area contributed by atoms with E-state index in [1.807, 2.05) is 6.07 Å². The molecule has 1 aliphatic rings. The molecule has 0 radical (unpaired) electrons. The number of hydrogen-bond acceptors (Lipinski definition) is 2. The molecule has 0 spiro atoms. The van der Waals surface area contributed by atoms with Crippen LogP contribution >= 0.6 is 0 Å². The third-order valence-corrected chi connectivity index (χ3v) is 5.37. The van der Waals surface area contributed by atoms with E-state index in [1.54, 1.807) is 0 Å². The first-order chi connectivity index (χ1) is 11.4. The molecule has 2 nitrogen and oxygen atoms in total. The van der Waals surface area contributed by atoms with Gasteiger partial charge in [0, 0.05) is 0 Å². The standard InChI is InChI=1S/C21H27BO2/c1-5-17-11-13-19(14-12-17)21(4)20(2,3)23-22(24-21)16-15-18-9-7-6-8-10-18/h6-14H,5,15-16H2,1-4H3. The molecule has 3 heteroatoms. The molecular weight excluding hydrogens is 295 g/mol. The van der Waals surface area contributed by atoms with Crippen LogP contribution in [0.25, 0.3) is 0 Å². The lowest BCUT2D eigenvalue weighted by Gasteiger charge is -2.37. The smallest absolute Gasteiger partial charge is 0.403 e. The van der Waals surface area contributed by atoms with E-state index >= 15 is 0 Å². The van der Waals surface area contributed by atoms with Crippen LogP contribution < -0.4 is 0 Å². The molecule has 0 N–H and O–H groups in total. The van der Waals surface area contributed by atoms with Gasteiger partial charge in [-0.3, -0.25) is 0 Å². The summed E-state index contributed by atoms with van der Waals surface area (Å²) in [4.78, 5) is 0. The zero-order valence-electron chi connectivity index (χ0n) is 15.2. The largest absolute Gasteiger partial charge is 0.458 e. The van der Waals surface area contributed by atoms with Crippen LogP contribution in [0.5, 0.6) is 0 Å². The molecule has 1 unspecified atom stereocenters. The lowest BCUT2D eigenvalue weighted by atomic mass is 9.80. The summed E-state index contributed by atoms with van der Waals surface area (Å²) >= 11 is 0. The van der Waals surface area contributed by atoms with E-state index in [2.05, 4.69) is 76.2 Å². The molecule has 1 aliphatic heterocycles. The molecule has 2 aromatic carbocycles. The Hall–Kier alpha value is -1.58. The quantitative estimate of drug-likeness (QED) is 0.720. The summed E-state index contributed by atoms with van der Waals surface area (Å²) in [7, 11) is -0.170. The van der Waals surface area contributed by atoms with Gasteiger partial charge in [0.2, 0.25) is 0 Å². The predicted molar refractivity (Wildman–Crippen MR) is 100 cm³/mol. The highest BCUT2D eigenvalue weighted by Gasteiger charge is 2.54. The van der Waals surface area contributed by atoms with Crippen molar-refractivity contribution in [3.63, 3.8) is 0 Å². The third kappa shape index (κ3) is 3.29. The van der Waals surface area contributed by atoms with Crippen LogP contribution in [0.1, 0.15) is 44.4 Å².